The van der Waals surface area contributed by atoms with Gasteiger partial charge in [0.15, 0.2) is 0 Å². The minimum atomic E-state index is 0.150. The second-order valence-electron chi connectivity index (χ2n) is 5.61. The average Bonchev–Trinajstić information content (AvgIpc) is 3.33. The van der Waals surface area contributed by atoms with Gasteiger partial charge in [0.1, 0.15) is 27.7 Å². The maximum absolute atomic E-state index is 9.34. The van der Waals surface area contributed by atoms with Crippen LogP contribution < -0.4 is 0 Å². The summed E-state index contributed by atoms with van der Waals surface area (Å²) in [5.41, 5.74) is 2.12. The quantitative estimate of drug-likeness (QED) is 0.329. The number of fused-ring (bicyclic) bond motifs is 2. The molecule has 0 amide bonds. The first-order chi connectivity index (χ1) is 13.8. The van der Waals surface area contributed by atoms with Crippen LogP contribution in [-0.4, -0.2) is 9.97 Å². The van der Waals surface area contributed by atoms with Crippen LogP contribution in [0.3, 0.4) is 0 Å². The monoisotopic (exact) mass is 436 g/mol. The molecule has 4 nitrogen and oxygen atoms in total. The van der Waals surface area contributed by atoms with E-state index in [-0.39, 0.29) is 5.57 Å². The van der Waals surface area contributed by atoms with E-state index in [4.69, 9.17) is 0 Å². The maximum Gasteiger partial charge on any atom is 0.149 e. The number of nitrogens with zero attached hydrogens (tertiary/aromatic N) is 4. The maximum atomic E-state index is 9.34. The average molecular weight is 437 g/mol. The first kappa shape index (κ1) is 19.0. The van der Waals surface area contributed by atoms with Gasteiger partial charge in [-0.3, -0.25) is 0 Å². The normalized spacial score (nSPS) is 10.6. The topological polar surface area (TPSA) is 73.4 Å². The van der Waals surface area contributed by atoms with Crippen LogP contribution in [0.4, 0.5) is 0 Å². The molecule has 2 aromatic heterocycles. The number of allylic oxidation sites excluding steroid dienone is 1. The van der Waals surface area contributed by atoms with Crippen LogP contribution in [0.1, 0.15) is 10.0 Å². The van der Waals surface area contributed by atoms with Crippen LogP contribution in [0.25, 0.3) is 20.4 Å². The third-order valence-corrected chi connectivity index (χ3v) is 8.67. The van der Waals surface area contributed by atoms with Gasteiger partial charge in [0, 0.05) is 0 Å². The molecule has 0 spiro atoms. The molecule has 0 saturated heterocycles. The molecule has 0 aliphatic carbocycles. The molecule has 28 heavy (non-hydrogen) atoms. The van der Waals surface area contributed by atoms with Crippen molar-refractivity contribution in [2.24, 2.45) is 0 Å². The fourth-order valence-corrected chi connectivity index (χ4v) is 6.67. The fourth-order valence-electron chi connectivity index (χ4n) is 2.52. The summed E-state index contributed by atoms with van der Waals surface area (Å²) in [5.74, 6) is 1.27. The largest absolute Gasteiger partial charge is 0.240 e. The third-order valence-electron chi connectivity index (χ3n) is 3.76. The predicted molar refractivity (Wildman–Crippen MR) is 120 cm³/mol. The molecule has 0 bridgehead atoms. The molecule has 0 aliphatic heterocycles. The molecule has 0 fully saturated rings. The summed E-state index contributed by atoms with van der Waals surface area (Å²) in [7, 11) is 0. The first-order valence-corrected chi connectivity index (χ1v) is 11.9. The summed E-state index contributed by atoms with van der Waals surface area (Å²) in [6.45, 7) is 0. The third kappa shape index (κ3) is 4.21. The number of benzene rings is 2. The van der Waals surface area contributed by atoms with Gasteiger partial charge in [-0.1, -0.05) is 24.3 Å². The van der Waals surface area contributed by atoms with Gasteiger partial charge < -0.3 is 0 Å². The van der Waals surface area contributed by atoms with Crippen LogP contribution >= 0.6 is 46.2 Å². The van der Waals surface area contributed by atoms with E-state index in [1.165, 1.54) is 23.5 Å². The van der Waals surface area contributed by atoms with E-state index in [1.54, 1.807) is 22.7 Å². The highest BCUT2D eigenvalue weighted by atomic mass is 32.2. The summed E-state index contributed by atoms with van der Waals surface area (Å²) in [5, 5.41) is 20.6. The predicted octanol–water partition coefficient (Wildman–Crippen LogP) is 6.33. The van der Waals surface area contributed by atoms with E-state index < -0.39 is 0 Å². The van der Waals surface area contributed by atoms with Gasteiger partial charge in [-0.15, -0.1) is 46.2 Å². The van der Waals surface area contributed by atoms with Gasteiger partial charge in [0.05, 0.1) is 36.2 Å². The molecule has 2 aromatic carbocycles. The van der Waals surface area contributed by atoms with Crippen molar-refractivity contribution < 1.29 is 0 Å². The Labute approximate surface area is 178 Å². The minimum Gasteiger partial charge on any atom is -0.240 e. The number of para-hydroxylation sites is 2. The van der Waals surface area contributed by atoms with Crippen molar-refractivity contribution >= 4 is 66.6 Å². The first-order valence-electron chi connectivity index (χ1n) is 8.26. The summed E-state index contributed by atoms with van der Waals surface area (Å²) in [6, 6.07) is 20.1. The molecular formula is C20H12N4S4. The lowest BCUT2D eigenvalue weighted by Crippen LogP contribution is -1.85. The molecular weight excluding hydrogens is 425 g/mol. The summed E-state index contributed by atoms with van der Waals surface area (Å²) in [4.78, 5) is 9.27. The number of thiazole rings is 2. The second kappa shape index (κ2) is 8.76. The molecule has 0 unspecified atom stereocenters. The van der Waals surface area contributed by atoms with Gasteiger partial charge in [0.2, 0.25) is 0 Å². The number of aromatic nitrogens is 2. The summed E-state index contributed by atoms with van der Waals surface area (Å²) >= 11 is 6.28. The van der Waals surface area contributed by atoms with Gasteiger partial charge >= 0.3 is 0 Å². The van der Waals surface area contributed by atoms with Gasteiger partial charge in [-0.2, -0.15) is 10.5 Å². The standard InChI is InChI=1S/C20H12N4S4/c21-9-13(10-22)20(25-11-18-23-14-5-1-3-7-16(14)27-18)26-12-19-24-15-6-2-4-8-17(15)28-19/h1-8H,11-12H2. The lowest BCUT2D eigenvalue weighted by atomic mass is 10.3. The van der Waals surface area contributed by atoms with Gasteiger partial charge in [-0.05, 0) is 24.3 Å². The van der Waals surface area contributed by atoms with Crippen molar-refractivity contribution in [1.82, 2.24) is 9.97 Å². The molecule has 4 aromatic rings. The van der Waals surface area contributed by atoms with Crippen molar-refractivity contribution in [3.63, 3.8) is 0 Å². The van der Waals surface area contributed by atoms with Crippen molar-refractivity contribution in [2.75, 3.05) is 0 Å². The molecule has 0 saturated carbocycles. The number of nitriles is 2. The Balaban J connectivity index is 1.50. The number of hydrogen-bond acceptors (Lipinski definition) is 8. The Morgan fingerprint density at radius 1 is 0.786 bits per heavy atom. The molecule has 0 radical (unpaired) electrons. The van der Waals surface area contributed by atoms with Crippen molar-refractivity contribution in [1.29, 1.82) is 10.5 Å². The fraction of sp³-hybridized carbons (Fsp3) is 0.100. The highest BCUT2D eigenvalue weighted by molar-refractivity contribution is 8.21. The number of thioether (sulfide) groups is 2. The zero-order valence-electron chi connectivity index (χ0n) is 14.5. The number of hydrogen-bond donors (Lipinski definition) is 0. The van der Waals surface area contributed by atoms with E-state index in [2.05, 4.69) is 22.1 Å². The molecule has 0 aliphatic rings. The van der Waals surface area contributed by atoms with E-state index in [1.807, 2.05) is 48.5 Å². The lowest BCUT2D eigenvalue weighted by molar-refractivity contribution is 1.31. The van der Waals surface area contributed by atoms with Gasteiger partial charge in [0.25, 0.3) is 0 Å². The highest BCUT2D eigenvalue weighted by Crippen LogP contribution is 2.38. The van der Waals surface area contributed by atoms with Crippen LogP contribution in [0, 0.1) is 22.7 Å². The van der Waals surface area contributed by atoms with Crippen molar-refractivity contribution in [3.05, 3.63) is 68.4 Å². The molecule has 0 atom stereocenters. The Bertz CT molecular complexity index is 1090. The molecule has 4 rings (SSSR count). The van der Waals surface area contributed by atoms with E-state index in [9.17, 15) is 10.5 Å². The second-order valence-corrected chi connectivity index (χ2v) is 10.1. The van der Waals surface area contributed by atoms with Crippen LogP contribution in [0.15, 0.2) is 58.3 Å². The minimum absolute atomic E-state index is 0.150. The van der Waals surface area contributed by atoms with Crippen LogP contribution in [0.5, 0.6) is 0 Å². The van der Waals surface area contributed by atoms with Gasteiger partial charge in [-0.25, -0.2) is 9.97 Å². The van der Waals surface area contributed by atoms with Crippen molar-refractivity contribution in [2.45, 2.75) is 11.5 Å². The Hall–Kier alpha value is -2.36. The Morgan fingerprint density at radius 2 is 1.25 bits per heavy atom. The molecule has 2 heterocycles. The van der Waals surface area contributed by atoms with E-state index in [0.29, 0.717) is 11.5 Å². The summed E-state index contributed by atoms with van der Waals surface area (Å²) < 4.78 is 3.02. The van der Waals surface area contributed by atoms with Crippen molar-refractivity contribution in [3.8, 4) is 12.1 Å². The van der Waals surface area contributed by atoms with E-state index >= 15 is 0 Å². The smallest absolute Gasteiger partial charge is 0.149 e. The Morgan fingerprint density at radius 3 is 1.68 bits per heavy atom. The van der Waals surface area contributed by atoms with E-state index in [0.717, 1.165) is 34.7 Å². The SMILES string of the molecule is N#CC(C#N)=C(SCc1nc2ccccc2s1)SCc1nc2ccccc2s1. The molecule has 0 N–H and O–H groups in total. The Kier molecular flexibility index (Phi) is 5.94. The van der Waals surface area contributed by atoms with Crippen LogP contribution in [-0.2, 0) is 11.5 Å². The highest BCUT2D eigenvalue weighted by Gasteiger charge is 2.13. The zero-order valence-corrected chi connectivity index (χ0v) is 17.7. The zero-order chi connectivity index (χ0) is 19.3. The van der Waals surface area contributed by atoms with Crippen LogP contribution in [0.2, 0.25) is 0 Å². The number of rotatable bonds is 6. The lowest BCUT2D eigenvalue weighted by Gasteiger charge is -2.04. The summed E-state index contributed by atoms with van der Waals surface area (Å²) in [6.07, 6.45) is 0. The molecule has 8 heteroatoms. The molecule has 136 valence electrons.